The number of thioether (sulfide) groups is 1. The zero-order valence-electron chi connectivity index (χ0n) is 8.91. The Balaban J connectivity index is 1.88. The summed E-state index contributed by atoms with van der Waals surface area (Å²) in [4.78, 5) is 0.913. The van der Waals surface area contributed by atoms with E-state index in [9.17, 15) is 4.39 Å². The number of anilines is 1. The second kappa shape index (κ2) is 5.52. The number of morpholine rings is 1. The van der Waals surface area contributed by atoms with E-state index < -0.39 is 0 Å². The van der Waals surface area contributed by atoms with Crippen LogP contribution in [0.2, 0.25) is 0 Å². The van der Waals surface area contributed by atoms with Gasteiger partial charge in [-0.05, 0) is 18.2 Å². The molecule has 1 aliphatic rings. The molecular weight excluding hydrogens is 227 g/mol. The van der Waals surface area contributed by atoms with Crippen LogP contribution < -0.4 is 11.1 Å². The predicted octanol–water partition coefficient (Wildman–Crippen LogP) is 1.49. The average molecular weight is 242 g/mol. The van der Waals surface area contributed by atoms with E-state index >= 15 is 0 Å². The molecule has 88 valence electrons. The van der Waals surface area contributed by atoms with Crippen LogP contribution in [0.15, 0.2) is 23.1 Å². The highest BCUT2D eigenvalue weighted by atomic mass is 32.2. The Morgan fingerprint density at radius 1 is 1.56 bits per heavy atom. The van der Waals surface area contributed by atoms with Crippen LogP contribution in [0.4, 0.5) is 10.1 Å². The summed E-state index contributed by atoms with van der Waals surface area (Å²) < 4.78 is 18.4. The second-order valence-corrected chi connectivity index (χ2v) is 4.75. The van der Waals surface area contributed by atoms with Gasteiger partial charge >= 0.3 is 0 Å². The second-order valence-electron chi connectivity index (χ2n) is 3.69. The fourth-order valence-electron chi connectivity index (χ4n) is 1.56. The normalized spacial score (nSPS) is 20.9. The molecule has 0 aromatic heterocycles. The van der Waals surface area contributed by atoms with Crippen molar-refractivity contribution in [3.05, 3.63) is 24.0 Å². The molecule has 0 saturated carbocycles. The van der Waals surface area contributed by atoms with Gasteiger partial charge in [-0.1, -0.05) is 0 Å². The van der Waals surface area contributed by atoms with Gasteiger partial charge < -0.3 is 15.8 Å². The van der Waals surface area contributed by atoms with Crippen molar-refractivity contribution >= 4 is 17.4 Å². The standard InChI is InChI=1S/C11H15FN2OS/c12-8-1-2-11(10(13)5-8)16-7-9-6-14-3-4-15-9/h1-2,5,9,14H,3-4,6-7,13H2. The Kier molecular flexibility index (Phi) is 4.04. The molecule has 16 heavy (non-hydrogen) atoms. The van der Waals surface area contributed by atoms with Crippen LogP contribution in [0.1, 0.15) is 0 Å². The van der Waals surface area contributed by atoms with Crippen LogP contribution in [0.5, 0.6) is 0 Å². The first-order valence-electron chi connectivity index (χ1n) is 5.26. The van der Waals surface area contributed by atoms with Gasteiger partial charge in [0.1, 0.15) is 5.82 Å². The lowest BCUT2D eigenvalue weighted by Crippen LogP contribution is -2.39. The number of hydrogen-bond donors (Lipinski definition) is 2. The van der Waals surface area contributed by atoms with Gasteiger partial charge in [-0.15, -0.1) is 11.8 Å². The molecule has 1 saturated heterocycles. The molecule has 3 nitrogen and oxygen atoms in total. The number of hydrogen-bond acceptors (Lipinski definition) is 4. The quantitative estimate of drug-likeness (QED) is 0.623. The maximum Gasteiger partial charge on any atom is 0.125 e. The summed E-state index contributed by atoms with van der Waals surface area (Å²) in [7, 11) is 0. The first-order valence-corrected chi connectivity index (χ1v) is 6.24. The lowest BCUT2D eigenvalue weighted by molar-refractivity contribution is 0.0441. The highest BCUT2D eigenvalue weighted by Gasteiger charge is 2.14. The van der Waals surface area contributed by atoms with E-state index in [0.29, 0.717) is 5.69 Å². The minimum absolute atomic E-state index is 0.211. The summed E-state index contributed by atoms with van der Waals surface area (Å²) in [5.41, 5.74) is 6.21. The predicted molar refractivity (Wildman–Crippen MR) is 64.1 cm³/mol. The number of nitrogens with one attached hydrogen (secondary N) is 1. The minimum Gasteiger partial charge on any atom is -0.398 e. The molecule has 1 aliphatic heterocycles. The lowest BCUT2D eigenvalue weighted by Gasteiger charge is -2.23. The molecule has 5 heteroatoms. The van der Waals surface area contributed by atoms with Crippen molar-refractivity contribution in [2.24, 2.45) is 0 Å². The van der Waals surface area contributed by atoms with E-state index in [1.807, 2.05) is 0 Å². The van der Waals surface area contributed by atoms with Gasteiger partial charge in [0, 0.05) is 29.4 Å². The monoisotopic (exact) mass is 242 g/mol. The summed E-state index contributed by atoms with van der Waals surface area (Å²) in [6.45, 7) is 2.54. The topological polar surface area (TPSA) is 47.3 Å². The van der Waals surface area contributed by atoms with Gasteiger partial charge in [0.25, 0.3) is 0 Å². The first kappa shape index (κ1) is 11.7. The maximum absolute atomic E-state index is 12.8. The molecule has 2 rings (SSSR count). The van der Waals surface area contributed by atoms with Gasteiger partial charge in [-0.2, -0.15) is 0 Å². The SMILES string of the molecule is Nc1cc(F)ccc1SCC1CNCCO1. The van der Waals surface area contributed by atoms with Crippen molar-refractivity contribution in [3.8, 4) is 0 Å². The third-order valence-electron chi connectivity index (χ3n) is 2.40. The smallest absolute Gasteiger partial charge is 0.125 e. The van der Waals surface area contributed by atoms with Crippen molar-refractivity contribution in [2.45, 2.75) is 11.0 Å². The number of halogens is 1. The Morgan fingerprint density at radius 3 is 3.12 bits per heavy atom. The molecule has 0 aliphatic carbocycles. The molecule has 0 radical (unpaired) electrons. The largest absolute Gasteiger partial charge is 0.398 e. The molecule has 1 fully saturated rings. The van der Waals surface area contributed by atoms with Crippen LogP contribution in [0.25, 0.3) is 0 Å². The number of nitrogen functional groups attached to an aromatic ring is 1. The summed E-state index contributed by atoms with van der Waals surface area (Å²) in [6, 6.07) is 4.49. The molecule has 0 spiro atoms. The molecule has 0 bridgehead atoms. The number of nitrogens with two attached hydrogens (primary N) is 1. The van der Waals surface area contributed by atoms with E-state index in [1.165, 1.54) is 12.1 Å². The van der Waals surface area contributed by atoms with Crippen LogP contribution in [0.3, 0.4) is 0 Å². The third kappa shape index (κ3) is 3.10. The number of ether oxygens (including phenoxy) is 1. The minimum atomic E-state index is -0.294. The van der Waals surface area contributed by atoms with Gasteiger partial charge in [0.05, 0.1) is 12.7 Å². The summed E-state index contributed by atoms with van der Waals surface area (Å²) in [5.74, 6) is 0.542. The molecule has 0 amide bonds. The molecule has 1 aromatic rings. The van der Waals surface area contributed by atoms with E-state index in [1.54, 1.807) is 17.8 Å². The van der Waals surface area contributed by atoms with Crippen molar-refractivity contribution in [1.82, 2.24) is 5.32 Å². The van der Waals surface area contributed by atoms with Crippen molar-refractivity contribution in [1.29, 1.82) is 0 Å². The number of rotatable bonds is 3. The highest BCUT2D eigenvalue weighted by Crippen LogP contribution is 2.26. The van der Waals surface area contributed by atoms with Gasteiger partial charge in [0.2, 0.25) is 0 Å². The Morgan fingerprint density at radius 2 is 2.44 bits per heavy atom. The van der Waals surface area contributed by atoms with Crippen LogP contribution in [0, 0.1) is 5.82 Å². The van der Waals surface area contributed by atoms with Crippen LogP contribution in [-0.4, -0.2) is 31.6 Å². The average Bonchev–Trinajstić information content (AvgIpc) is 2.29. The lowest BCUT2D eigenvalue weighted by atomic mass is 10.3. The van der Waals surface area contributed by atoms with E-state index in [4.69, 9.17) is 10.5 Å². The van der Waals surface area contributed by atoms with Crippen molar-refractivity contribution in [3.63, 3.8) is 0 Å². The molecule has 1 unspecified atom stereocenters. The van der Waals surface area contributed by atoms with Gasteiger partial charge in [-0.3, -0.25) is 0 Å². The molecule has 1 aromatic carbocycles. The molecular formula is C11H15FN2OS. The van der Waals surface area contributed by atoms with Gasteiger partial charge in [0.15, 0.2) is 0 Å². The summed E-state index contributed by atoms with van der Waals surface area (Å²) in [6.07, 6.45) is 0.211. The Bertz CT molecular complexity index is 356. The van der Waals surface area contributed by atoms with Gasteiger partial charge in [-0.25, -0.2) is 4.39 Å². The highest BCUT2D eigenvalue weighted by molar-refractivity contribution is 7.99. The zero-order chi connectivity index (χ0) is 11.4. The van der Waals surface area contributed by atoms with E-state index in [0.717, 1.165) is 30.3 Å². The fraction of sp³-hybridized carbons (Fsp3) is 0.455. The van der Waals surface area contributed by atoms with Crippen molar-refractivity contribution < 1.29 is 9.13 Å². The van der Waals surface area contributed by atoms with Crippen LogP contribution in [-0.2, 0) is 4.74 Å². The molecule has 1 atom stereocenters. The Hall–Kier alpha value is -0.780. The first-order chi connectivity index (χ1) is 7.75. The third-order valence-corrected chi connectivity index (χ3v) is 3.62. The molecule has 3 N–H and O–H groups in total. The zero-order valence-corrected chi connectivity index (χ0v) is 9.73. The summed E-state index contributed by atoms with van der Waals surface area (Å²) in [5, 5.41) is 3.27. The Labute approximate surface area is 98.5 Å². The van der Waals surface area contributed by atoms with E-state index in [-0.39, 0.29) is 11.9 Å². The summed E-state index contributed by atoms with van der Waals surface area (Å²) >= 11 is 1.61. The van der Waals surface area contributed by atoms with E-state index in [2.05, 4.69) is 5.32 Å². The maximum atomic E-state index is 12.8. The number of benzene rings is 1. The van der Waals surface area contributed by atoms with Crippen molar-refractivity contribution in [2.75, 3.05) is 31.2 Å². The molecule has 1 heterocycles. The fourth-order valence-corrected chi connectivity index (χ4v) is 2.53. The van der Waals surface area contributed by atoms with Crippen LogP contribution >= 0.6 is 11.8 Å².